The monoisotopic (exact) mass is 420 g/mol. The van der Waals surface area contributed by atoms with Crippen molar-refractivity contribution < 1.29 is 9.67 Å². The third-order valence-corrected chi connectivity index (χ3v) is 8.68. The van der Waals surface area contributed by atoms with Gasteiger partial charge in [-0.25, -0.2) is 0 Å². The van der Waals surface area contributed by atoms with Crippen molar-refractivity contribution in [3.8, 4) is 16.9 Å². The van der Waals surface area contributed by atoms with E-state index in [1.807, 2.05) is 84.9 Å². The minimum atomic E-state index is -2.98. The lowest BCUT2D eigenvalue weighted by atomic mass is 10.0. The number of hydrogen-bond donors (Lipinski definition) is 1. The Kier molecular flexibility index (Phi) is 4.94. The fourth-order valence-electron chi connectivity index (χ4n) is 3.99. The first-order valence-electron chi connectivity index (χ1n) is 10.2. The van der Waals surface area contributed by atoms with Gasteiger partial charge in [-0.2, -0.15) is 0 Å². The molecule has 0 aliphatic rings. The highest BCUT2D eigenvalue weighted by atomic mass is 31.2. The fourth-order valence-corrected chi connectivity index (χ4v) is 6.67. The molecule has 0 saturated heterocycles. The SMILES string of the molecule is O=P(c1ccccc1)(c1ccccc1)c1ccc2cc(-c3ccc(O)cc3)ccc2c1. The number of fused-ring (bicyclic) bond motifs is 1. The Morgan fingerprint density at radius 3 is 1.61 bits per heavy atom. The number of phenolic OH excluding ortho intramolecular Hbond substituents is 1. The summed E-state index contributed by atoms with van der Waals surface area (Å²) in [6, 6.07) is 39.0. The van der Waals surface area contributed by atoms with E-state index in [0.29, 0.717) is 0 Å². The number of rotatable bonds is 4. The van der Waals surface area contributed by atoms with Crippen molar-refractivity contribution in [3.05, 3.63) is 121 Å². The molecule has 0 aliphatic heterocycles. The summed E-state index contributed by atoms with van der Waals surface area (Å²) in [5, 5.41) is 14.2. The minimum absolute atomic E-state index is 0.256. The maximum Gasteiger partial charge on any atom is 0.171 e. The second-order valence-electron chi connectivity index (χ2n) is 7.57. The zero-order chi connectivity index (χ0) is 21.3. The van der Waals surface area contributed by atoms with E-state index in [1.165, 1.54) is 0 Å². The van der Waals surface area contributed by atoms with E-state index in [0.717, 1.165) is 37.8 Å². The summed E-state index contributed by atoms with van der Waals surface area (Å²) in [7, 11) is -2.98. The molecule has 0 fully saturated rings. The molecular weight excluding hydrogens is 399 g/mol. The van der Waals surface area contributed by atoms with E-state index in [2.05, 4.69) is 24.3 Å². The van der Waals surface area contributed by atoms with Crippen LogP contribution in [0.4, 0.5) is 0 Å². The van der Waals surface area contributed by atoms with Crippen molar-refractivity contribution in [2.24, 2.45) is 0 Å². The van der Waals surface area contributed by atoms with Gasteiger partial charge in [-0.15, -0.1) is 0 Å². The Balaban J connectivity index is 1.65. The quantitative estimate of drug-likeness (QED) is 0.370. The molecule has 150 valence electrons. The molecule has 0 radical (unpaired) electrons. The number of hydrogen-bond acceptors (Lipinski definition) is 2. The molecule has 0 aliphatic carbocycles. The fraction of sp³-hybridized carbons (Fsp3) is 0. The third kappa shape index (κ3) is 3.56. The molecule has 3 heteroatoms. The smallest absolute Gasteiger partial charge is 0.171 e. The van der Waals surface area contributed by atoms with Gasteiger partial charge in [0.1, 0.15) is 5.75 Å². The van der Waals surface area contributed by atoms with Crippen LogP contribution < -0.4 is 15.9 Å². The van der Waals surface area contributed by atoms with Crippen LogP contribution in [0.15, 0.2) is 121 Å². The lowest BCUT2D eigenvalue weighted by Gasteiger charge is -2.20. The third-order valence-electron chi connectivity index (χ3n) is 5.63. The summed E-state index contributed by atoms with van der Waals surface area (Å²) in [6.07, 6.45) is 0. The van der Waals surface area contributed by atoms with Gasteiger partial charge in [0, 0.05) is 15.9 Å². The van der Waals surface area contributed by atoms with Crippen molar-refractivity contribution in [2.75, 3.05) is 0 Å². The van der Waals surface area contributed by atoms with Crippen LogP contribution in [-0.4, -0.2) is 5.11 Å². The van der Waals surface area contributed by atoms with E-state index >= 15 is 0 Å². The molecule has 0 unspecified atom stereocenters. The first-order valence-corrected chi connectivity index (χ1v) is 11.9. The van der Waals surface area contributed by atoms with Gasteiger partial charge in [-0.1, -0.05) is 97.1 Å². The average molecular weight is 420 g/mol. The molecule has 0 amide bonds. The second kappa shape index (κ2) is 7.91. The Morgan fingerprint density at radius 2 is 1.00 bits per heavy atom. The average Bonchev–Trinajstić information content (AvgIpc) is 2.84. The normalized spacial score (nSPS) is 11.5. The molecule has 0 atom stereocenters. The molecule has 2 nitrogen and oxygen atoms in total. The van der Waals surface area contributed by atoms with Crippen LogP contribution >= 0.6 is 7.14 Å². The first-order chi connectivity index (χ1) is 15.1. The van der Waals surface area contributed by atoms with E-state index in [4.69, 9.17) is 0 Å². The molecule has 5 aromatic rings. The minimum Gasteiger partial charge on any atom is -0.508 e. The topological polar surface area (TPSA) is 37.3 Å². The van der Waals surface area contributed by atoms with E-state index in [-0.39, 0.29) is 5.75 Å². The summed E-state index contributed by atoms with van der Waals surface area (Å²) in [5.74, 6) is 0.256. The zero-order valence-corrected chi connectivity index (χ0v) is 17.7. The standard InChI is InChI=1S/C28H21O2P/c29-25-16-13-21(14-17-25)22-11-12-24-20-28(18-15-23(24)19-22)31(30,26-7-3-1-4-8-26)27-9-5-2-6-10-27/h1-20,29H. The number of phenols is 1. The van der Waals surface area contributed by atoms with E-state index in [9.17, 15) is 9.67 Å². The second-order valence-corrected chi connectivity index (χ2v) is 10.3. The molecule has 1 N–H and O–H groups in total. The van der Waals surface area contributed by atoms with Crippen LogP contribution in [0.2, 0.25) is 0 Å². The lowest BCUT2D eigenvalue weighted by Crippen LogP contribution is -2.24. The predicted octanol–water partition coefficient (Wildman–Crippen LogP) is 5.85. The molecule has 0 spiro atoms. The zero-order valence-electron chi connectivity index (χ0n) is 16.8. The largest absolute Gasteiger partial charge is 0.508 e. The number of aromatic hydroxyl groups is 1. The van der Waals surface area contributed by atoms with Crippen LogP contribution in [-0.2, 0) is 4.57 Å². The van der Waals surface area contributed by atoms with Crippen LogP contribution in [0.3, 0.4) is 0 Å². The highest BCUT2D eigenvalue weighted by Gasteiger charge is 2.29. The van der Waals surface area contributed by atoms with Gasteiger partial charge in [0.15, 0.2) is 7.14 Å². The first kappa shape index (κ1) is 19.4. The summed E-state index contributed by atoms with van der Waals surface area (Å²) in [6.45, 7) is 0. The molecule has 5 aromatic carbocycles. The van der Waals surface area contributed by atoms with Gasteiger partial charge < -0.3 is 9.67 Å². The lowest BCUT2D eigenvalue weighted by molar-refractivity contribution is 0.475. The molecule has 0 heterocycles. The highest BCUT2D eigenvalue weighted by molar-refractivity contribution is 7.85. The maximum absolute atomic E-state index is 14.6. The Hall–Kier alpha value is -3.61. The van der Waals surface area contributed by atoms with Gasteiger partial charge >= 0.3 is 0 Å². The molecule has 0 aromatic heterocycles. The maximum atomic E-state index is 14.6. The van der Waals surface area contributed by atoms with Crippen molar-refractivity contribution in [3.63, 3.8) is 0 Å². The summed E-state index contributed by atoms with van der Waals surface area (Å²) >= 11 is 0. The van der Waals surface area contributed by atoms with Gasteiger partial charge in [-0.3, -0.25) is 0 Å². The molecule has 0 saturated carbocycles. The van der Waals surface area contributed by atoms with Crippen molar-refractivity contribution >= 4 is 33.8 Å². The Bertz CT molecular complexity index is 1350. The summed E-state index contributed by atoms with van der Waals surface area (Å²) < 4.78 is 14.6. The van der Waals surface area contributed by atoms with Crippen LogP contribution in [0.1, 0.15) is 0 Å². The van der Waals surface area contributed by atoms with Gasteiger partial charge in [0.05, 0.1) is 0 Å². The van der Waals surface area contributed by atoms with Crippen LogP contribution in [0, 0.1) is 0 Å². The molecular formula is C28H21O2P. The van der Waals surface area contributed by atoms with Crippen molar-refractivity contribution in [2.45, 2.75) is 0 Å². The van der Waals surface area contributed by atoms with Crippen LogP contribution in [0.25, 0.3) is 21.9 Å². The molecule has 31 heavy (non-hydrogen) atoms. The van der Waals surface area contributed by atoms with E-state index in [1.54, 1.807) is 12.1 Å². The highest BCUT2D eigenvalue weighted by Crippen LogP contribution is 2.43. The van der Waals surface area contributed by atoms with Gasteiger partial charge in [-0.05, 0) is 46.2 Å². The summed E-state index contributed by atoms with van der Waals surface area (Å²) in [5.41, 5.74) is 2.12. The Labute approximate surface area is 181 Å². The molecule has 5 rings (SSSR count). The Morgan fingerprint density at radius 1 is 0.484 bits per heavy atom. The van der Waals surface area contributed by atoms with Crippen molar-refractivity contribution in [1.82, 2.24) is 0 Å². The van der Waals surface area contributed by atoms with Gasteiger partial charge in [0.25, 0.3) is 0 Å². The predicted molar refractivity (Wildman–Crippen MR) is 130 cm³/mol. The van der Waals surface area contributed by atoms with Crippen LogP contribution in [0.5, 0.6) is 5.75 Å². The van der Waals surface area contributed by atoms with E-state index < -0.39 is 7.14 Å². The van der Waals surface area contributed by atoms with Crippen molar-refractivity contribution in [1.29, 1.82) is 0 Å². The number of benzene rings is 5. The summed E-state index contributed by atoms with van der Waals surface area (Å²) in [4.78, 5) is 0. The molecule has 0 bridgehead atoms. The van der Waals surface area contributed by atoms with Gasteiger partial charge in [0.2, 0.25) is 0 Å².